The number of esters is 1. The number of ether oxygens (including phenoxy) is 1. The zero-order valence-corrected chi connectivity index (χ0v) is 21.5. The van der Waals surface area contributed by atoms with E-state index in [1.165, 1.54) is 16.0 Å². The summed E-state index contributed by atoms with van der Waals surface area (Å²) in [6, 6.07) is 19.2. The molecule has 37 heavy (non-hydrogen) atoms. The van der Waals surface area contributed by atoms with Crippen molar-refractivity contribution in [1.29, 1.82) is 0 Å². The number of aromatic nitrogens is 2. The molecule has 1 N–H and O–H groups in total. The molecule has 0 saturated carbocycles. The number of hydrogen-bond donors (Lipinski definition) is 1. The molecule has 5 rings (SSSR count). The van der Waals surface area contributed by atoms with Gasteiger partial charge in [-0.2, -0.15) is 9.78 Å². The van der Waals surface area contributed by atoms with Gasteiger partial charge in [-0.3, -0.25) is 9.59 Å². The van der Waals surface area contributed by atoms with E-state index in [0.29, 0.717) is 16.1 Å². The Morgan fingerprint density at radius 3 is 2.57 bits per heavy atom. The second kappa shape index (κ2) is 9.99. The van der Waals surface area contributed by atoms with Crippen LogP contribution in [0.3, 0.4) is 0 Å². The van der Waals surface area contributed by atoms with Crippen molar-refractivity contribution in [3.63, 3.8) is 0 Å². The molecule has 5 aromatic rings. The van der Waals surface area contributed by atoms with Crippen molar-refractivity contribution in [2.75, 3.05) is 11.9 Å². The molecule has 0 aliphatic heterocycles. The van der Waals surface area contributed by atoms with Crippen molar-refractivity contribution < 1.29 is 14.3 Å². The van der Waals surface area contributed by atoms with Crippen molar-refractivity contribution in [1.82, 2.24) is 9.78 Å². The van der Waals surface area contributed by atoms with Gasteiger partial charge in [-0.05, 0) is 60.4 Å². The zero-order chi connectivity index (χ0) is 26.1. The number of anilines is 1. The van der Waals surface area contributed by atoms with Crippen molar-refractivity contribution >= 4 is 49.8 Å². The van der Waals surface area contributed by atoms with E-state index in [1.54, 1.807) is 18.4 Å². The second-order valence-electron chi connectivity index (χ2n) is 8.77. The zero-order valence-electron chi connectivity index (χ0n) is 20.7. The first-order valence-corrected chi connectivity index (χ1v) is 12.8. The Morgan fingerprint density at radius 1 is 1.00 bits per heavy atom. The average Bonchev–Trinajstić information content (AvgIpc) is 3.30. The Kier molecular flexibility index (Phi) is 6.58. The summed E-state index contributed by atoms with van der Waals surface area (Å²) in [4.78, 5) is 39.6. The number of fused-ring (bicyclic) bond motifs is 2. The van der Waals surface area contributed by atoms with Gasteiger partial charge in [0.05, 0.1) is 24.1 Å². The third-order valence-corrected chi connectivity index (χ3v) is 7.24. The Balaban J connectivity index is 1.58. The van der Waals surface area contributed by atoms with Crippen molar-refractivity contribution in [2.45, 2.75) is 27.2 Å². The van der Waals surface area contributed by atoms with Gasteiger partial charge in [-0.25, -0.2) is 4.79 Å². The number of rotatable bonds is 6. The van der Waals surface area contributed by atoms with Gasteiger partial charge in [0.2, 0.25) is 5.91 Å². The largest absolute Gasteiger partial charge is 0.461 e. The Labute approximate surface area is 217 Å². The minimum Gasteiger partial charge on any atom is -0.461 e. The Bertz CT molecular complexity index is 1730. The first kappa shape index (κ1) is 24.4. The lowest BCUT2D eigenvalue weighted by Gasteiger charge is -2.11. The van der Waals surface area contributed by atoms with Crippen LogP contribution in [0, 0.1) is 13.8 Å². The topological polar surface area (TPSA) is 90.3 Å². The summed E-state index contributed by atoms with van der Waals surface area (Å²) in [5, 5.41) is 12.0. The lowest BCUT2D eigenvalue weighted by Crippen LogP contribution is -2.26. The highest BCUT2D eigenvalue weighted by Crippen LogP contribution is 2.31. The van der Waals surface area contributed by atoms with Gasteiger partial charge in [0.1, 0.15) is 5.00 Å². The van der Waals surface area contributed by atoms with Gasteiger partial charge in [0.25, 0.3) is 5.56 Å². The number of amides is 1. The molecule has 2 aromatic heterocycles. The number of nitrogens with zero attached hydrogens (tertiary/aromatic N) is 2. The van der Waals surface area contributed by atoms with Gasteiger partial charge in [-0.15, -0.1) is 11.3 Å². The normalized spacial score (nSPS) is 11.1. The fourth-order valence-corrected chi connectivity index (χ4v) is 5.27. The van der Waals surface area contributed by atoms with Gasteiger partial charge >= 0.3 is 5.97 Å². The van der Waals surface area contributed by atoms with E-state index in [1.807, 2.05) is 68.4 Å². The SMILES string of the molecule is CCOC(=O)c1nn(-c2ccc(C)c(C)c2)c(=O)c2c(NC(=O)Cc3cccc4ccccc34)scc12. The molecule has 0 aliphatic carbocycles. The highest BCUT2D eigenvalue weighted by atomic mass is 32.1. The number of carbonyl (C=O) groups is 2. The third-order valence-electron chi connectivity index (χ3n) is 6.34. The van der Waals surface area contributed by atoms with Crippen LogP contribution in [0.15, 0.2) is 70.8 Å². The molecule has 0 unspecified atom stereocenters. The molecule has 3 aromatic carbocycles. The summed E-state index contributed by atoms with van der Waals surface area (Å²) in [7, 11) is 0. The highest BCUT2D eigenvalue weighted by molar-refractivity contribution is 7.16. The molecule has 7 nitrogen and oxygen atoms in total. The molecule has 0 bridgehead atoms. The molecule has 0 aliphatic rings. The molecule has 186 valence electrons. The van der Waals surface area contributed by atoms with Crippen LogP contribution < -0.4 is 10.9 Å². The smallest absolute Gasteiger partial charge is 0.359 e. The molecule has 0 saturated heterocycles. The van der Waals surface area contributed by atoms with Crippen molar-refractivity contribution in [3.05, 3.63) is 98.8 Å². The number of nitrogens with one attached hydrogen (secondary N) is 1. The number of carbonyl (C=O) groups excluding carboxylic acids is 2. The summed E-state index contributed by atoms with van der Waals surface area (Å²) in [5.41, 5.74) is 3.07. The van der Waals surface area contributed by atoms with Crippen LogP contribution in [0.5, 0.6) is 0 Å². The van der Waals surface area contributed by atoms with Crippen LogP contribution in [0.1, 0.15) is 34.1 Å². The fourth-order valence-electron chi connectivity index (χ4n) is 4.31. The Morgan fingerprint density at radius 2 is 1.78 bits per heavy atom. The van der Waals surface area contributed by atoms with E-state index in [0.717, 1.165) is 27.5 Å². The summed E-state index contributed by atoms with van der Waals surface area (Å²) < 4.78 is 6.42. The van der Waals surface area contributed by atoms with Crippen LogP contribution in [0.2, 0.25) is 0 Å². The monoisotopic (exact) mass is 511 g/mol. The molecular formula is C29H25N3O4S. The molecule has 1 amide bonds. The van der Waals surface area contributed by atoms with Gasteiger partial charge in [0, 0.05) is 10.8 Å². The molecule has 0 radical (unpaired) electrons. The number of thiophene rings is 1. The molecule has 0 fully saturated rings. The van der Waals surface area contributed by atoms with E-state index in [9.17, 15) is 14.4 Å². The summed E-state index contributed by atoms with van der Waals surface area (Å²) in [6.45, 7) is 5.80. The number of hydrogen-bond acceptors (Lipinski definition) is 6. The highest BCUT2D eigenvalue weighted by Gasteiger charge is 2.23. The van der Waals surface area contributed by atoms with E-state index < -0.39 is 11.5 Å². The van der Waals surface area contributed by atoms with E-state index in [-0.39, 0.29) is 30.0 Å². The van der Waals surface area contributed by atoms with E-state index in [4.69, 9.17) is 4.74 Å². The van der Waals surface area contributed by atoms with Gasteiger partial charge in [-0.1, -0.05) is 48.5 Å². The summed E-state index contributed by atoms with van der Waals surface area (Å²) >= 11 is 1.19. The molecule has 8 heteroatoms. The molecule has 2 heterocycles. The summed E-state index contributed by atoms with van der Waals surface area (Å²) in [5.74, 6) is -0.886. The maximum Gasteiger partial charge on any atom is 0.359 e. The average molecular weight is 512 g/mol. The van der Waals surface area contributed by atoms with Crippen molar-refractivity contribution in [2.24, 2.45) is 0 Å². The summed E-state index contributed by atoms with van der Waals surface area (Å²) in [6.07, 6.45) is 0.141. The number of aryl methyl sites for hydroxylation is 2. The lowest BCUT2D eigenvalue weighted by molar-refractivity contribution is -0.115. The standard InChI is InChI=1S/C29H25N3O4S/c1-4-36-29(35)26-23-16-37-27(25(23)28(34)32(31-26)21-13-12-17(2)18(3)14-21)30-24(33)15-20-10-7-9-19-8-5-6-11-22(19)20/h5-14,16H,4,15H2,1-3H3,(H,30,33). The van der Waals surface area contributed by atoms with Crippen LogP contribution in [-0.2, 0) is 16.0 Å². The Hall–Kier alpha value is -4.30. The van der Waals surface area contributed by atoms with Gasteiger partial charge < -0.3 is 10.1 Å². The fraction of sp³-hybridized carbons (Fsp3) is 0.172. The lowest BCUT2D eigenvalue weighted by atomic mass is 10.0. The van der Waals surface area contributed by atoms with Gasteiger partial charge in [0.15, 0.2) is 5.69 Å². The van der Waals surface area contributed by atoms with E-state index in [2.05, 4.69) is 10.4 Å². The maximum atomic E-state index is 13.7. The first-order valence-electron chi connectivity index (χ1n) is 11.9. The van der Waals surface area contributed by atoms with Crippen LogP contribution >= 0.6 is 11.3 Å². The molecule has 0 spiro atoms. The van der Waals surface area contributed by atoms with Crippen LogP contribution in [0.25, 0.3) is 27.2 Å². The third kappa shape index (κ3) is 4.63. The quantitative estimate of drug-likeness (QED) is 0.301. The predicted octanol–water partition coefficient (Wildman–Crippen LogP) is 5.58. The molecule has 0 atom stereocenters. The predicted molar refractivity (Wildman–Crippen MR) is 147 cm³/mol. The van der Waals surface area contributed by atoms with Crippen LogP contribution in [0.4, 0.5) is 5.00 Å². The molecular weight excluding hydrogens is 486 g/mol. The number of benzene rings is 3. The van der Waals surface area contributed by atoms with E-state index >= 15 is 0 Å². The second-order valence-corrected chi connectivity index (χ2v) is 9.65. The van der Waals surface area contributed by atoms with Crippen LogP contribution in [-0.4, -0.2) is 28.3 Å². The minimum absolute atomic E-state index is 0.0282. The van der Waals surface area contributed by atoms with Crippen molar-refractivity contribution in [3.8, 4) is 5.69 Å². The first-order chi connectivity index (χ1) is 17.9. The maximum absolute atomic E-state index is 13.7. The minimum atomic E-state index is -0.628.